The number of ether oxygens (including phenoxy) is 1. The van der Waals surface area contributed by atoms with Gasteiger partial charge < -0.3 is 4.74 Å². The van der Waals surface area contributed by atoms with Crippen LogP contribution < -0.4 is 0 Å². The summed E-state index contributed by atoms with van der Waals surface area (Å²) in [5, 5.41) is 11.0. The van der Waals surface area contributed by atoms with E-state index < -0.39 is 16.1 Å². The number of amides is 1. The van der Waals surface area contributed by atoms with E-state index in [-0.39, 0.29) is 18.3 Å². The molecule has 162 valence electrons. The summed E-state index contributed by atoms with van der Waals surface area (Å²) >= 11 is 5.98. The standard InChI is InChI=1S/C21H25ClN2O5S/c22-19-8-4-5-17(13-19)14-29-20-9-11-23(12-10-20)30(27,28)15-21(24(26)16-25)18-6-2-1-3-7-18/h1-8,13,16,20-21,26H,9-12,14-15H2. The van der Waals surface area contributed by atoms with Crippen molar-refractivity contribution in [1.82, 2.24) is 9.37 Å². The van der Waals surface area contributed by atoms with E-state index in [4.69, 9.17) is 16.3 Å². The molecule has 0 aliphatic carbocycles. The quantitative estimate of drug-likeness (QED) is 0.358. The topological polar surface area (TPSA) is 87.2 Å². The van der Waals surface area contributed by atoms with Crippen LogP contribution in [0.25, 0.3) is 0 Å². The summed E-state index contributed by atoms with van der Waals surface area (Å²) in [4.78, 5) is 11.1. The van der Waals surface area contributed by atoms with Gasteiger partial charge in [0.1, 0.15) is 0 Å². The molecule has 1 heterocycles. The fourth-order valence-electron chi connectivity index (χ4n) is 3.50. The molecule has 1 amide bonds. The molecule has 2 aromatic rings. The molecule has 0 bridgehead atoms. The number of sulfonamides is 1. The van der Waals surface area contributed by atoms with Crippen LogP contribution in [0.3, 0.4) is 0 Å². The molecule has 2 aromatic carbocycles. The lowest BCUT2D eigenvalue weighted by Crippen LogP contribution is -2.44. The second-order valence-corrected chi connectivity index (χ2v) is 9.68. The zero-order chi connectivity index (χ0) is 21.6. The lowest BCUT2D eigenvalue weighted by molar-refractivity contribution is -0.159. The summed E-state index contributed by atoms with van der Waals surface area (Å²) in [6.45, 7) is 1.08. The first kappa shape index (κ1) is 22.7. The average molecular weight is 453 g/mol. The van der Waals surface area contributed by atoms with Crippen LogP contribution in [0.5, 0.6) is 0 Å². The number of carbonyl (C=O) groups is 1. The van der Waals surface area contributed by atoms with Crippen molar-refractivity contribution < 1.29 is 23.2 Å². The van der Waals surface area contributed by atoms with E-state index in [0.29, 0.717) is 48.2 Å². The number of hydroxylamine groups is 2. The molecule has 1 aliphatic rings. The molecule has 1 saturated heterocycles. The Morgan fingerprint density at radius 1 is 1.17 bits per heavy atom. The molecular formula is C21H25ClN2O5S. The molecule has 1 fully saturated rings. The third kappa shape index (κ3) is 6.02. The molecule has 1 unspecified atom stereocenters. The van der Waals surface area contributed by atoms with Crippen LogP contribution >= 0.6 is 11.6 Å². The number of piperidine rings is 1. The second-order valence-electron chi connectivity index (χ2n) is 7.23. The maximum absolute atomic E-state index is 12.9. The van der Waals surface area contributed by atoms with Gasteiger partial charge >= 0.3 is 0 Å². The molecule has 1 aliphatic heterocycles. The monoisotopic (exact) mass is 452 g/mol. The molecule has 0 saturated carbocycles. The normalized spacial score (nSPS) is 16.9. The maximum Gasteiger partial charge on any atom is 0.233 e. The predicted octanol–water partition coefficient (Wildman–Crippen LogP) is 3.24. The Kier molecular flexibility index (Phi) is 7.85. The predicted molar refractivity (Wildman–Crippen MR) is 113 cm³/mol. The van der Waals surface area contributed by atoms with Crippen LogP contribution in [0.15, 0.2) is 54.6 Å². The van der Waals surface area contributed by atoms with Gasteiger partial charge in [0.25, 0.3) is 0 Å². The highest BCUT2D eigenvalue weighted by molar-refractivity contribution is 7.89. The lowest BCUT2D eigenvalue weighted by Gasteiger charge is -2.33. The van der Waals surface area contributed by atoms with Crippen molar-refractivity contribution >= 4 is 28.0 Å². The van der Waals surface area contributed by atoms with Crippen molar-refractivity contribution in [1.29, 1.82) is 0 Å². The number of nitrogens with zero attached hydrogens (tertiary/aromatic N) is 2. The first-order valence-electron chi connectivity index (χ1n) is 9.70. The summed E-state index contributed by atoms with van der Waals surface area (Å²) in [6.07, 6.45) is 1.34. The van der Waals surface area contributed by atoms with Crippen molar-refractivity contribution in [3.05, 3.63) is 70.7 Å². The second kappa shape index (κ2) is 10.4. The minimum Gasteiger partial charge on any atom is -0.373 e. The number of carbonyl (C=O) groups excluding carboxylic acids is 1. The van der Waals surface area contributed by atoms with Crippen molar-refractivity contribution in [2.75, 3.05) is 18.8 Å². The SMILES string of the molecule is O=CN(O)C(CS(=O)(=O)N1CCC(OCc2cccc(Cl)c2)CC1)c1ccccc1. The van der Waals surface area contributed by atoms with Gasteiger partial charge in [-0.25, -0.2) is 17.8 Å². The first-order chi connectivity index (χ1) is 14.4. The largest absolute Gasteiger partial charge is 0.373 e. The van der Waals surface area contributed by atoms with Gasteiger partial charge in [0.05, 0.1) is 24.5 Å². The van der Waals surface area contributed by atoms with Crippen LogP contribution in [0.2, 0.25) is 5.02 Å². The average Bonchev–Trinajstić information content (AvgIpc) is 2.76. The van der Waals surface area contributed by atoms with E-state index in [1.807, 2.05) is 18.2 Å². The maximum atomic E-state index is 12.9. The van der Waals surface area contributed by atoms with E-state index >= 15 is 0 Å². The minimum atomic E-state index is -3.68. The van der Waals surface area contributed by atoms with Crippen molar-refractivity contribution in [2.24, 2.45) is 0 Å². The number of rotatable bonds is 9. The van der Waals surface area contributed by atoms with Crippen LogP contribution in [-0.2, 0) is 26.2 Å². The van der Waals surface area contributed by atoms with Crippen LogP contribution in [0, 0.1) is 0 Å². The summed E-state index contributed by atoms with van der Waals surface area (Å²) in [7, 11) is -3.68. The zero-order valence-corrected chi connectivity index (χ0v) is 18.0. The van der Waals surface area contributed by atoms with Gasteiger partial charge in [-0.15, -0.1) is 0 Å². The Labute approximate surface area is 181 Å². The van der Waals surface area contributed by atoms with Crippen molar-refractivity contribution in [3.8, 4) is 0 Å². The smallest absolute Gasteiger partial charge is 0.233 e. The molecule has 9 heteroatoms. The van der Waals surface area contributed by atoms with Gasteiger partial charge in [-0.2, -0.15) is 0 Å². The molecule has 30 heavy (non-hydrogen) atoms. The van der Waals surface area contributed by atoms with Crippen LogP contribution in [-0.4, -0.2) is 54.3 Å². The summed E-state index contributed by atoms with van der Waals surface area (Å²) < 4.78 is 33.2. The van der Waals surface area contributed by atoms with E-state index in [1.165, 1.54) is 4.31 Å². The van der Waals surface area contributed by atoms with E-state index in [1.54, 1.807) is 36.4 Å². The van der Waals surface area contributed by atoms with Gasteiger partial charge in [0.2, 0.25) is 16.4 Å². The van der Waals surface area contributed by atoms with Gasteiger partial charge in [-0.05, 0) is 36.1 Å². The number of hydrogen-bond acceptors (Lipinski definition) is 5. The van der Waals surface area contributed by atoms with Gasteiger partial charge in [-0.3, -0.25) is 10.0 Å². The molecular weight excluding hydrogens is 428 g/mol. The summed E-state index contributed by atoms with van der Waals surface area (Å²) in [5.74, 6) is -0.389. The van der Waals surface area contributed by atoms with E-state index in [9.17, 15) is 18.4 Å². The number of hydrogen-bond donors (Lipinski definition) is 1. The highest BCUT2D eigenvalue weighted by Crippen LogP contribution is 2.25. The fraction of sp³-hybridized carbons (Fsp3) is 0.381. The van der Waals surface area contributed by atoms with Crippen LogP contribution in [0.4, 0.5) is 0 Å². The van der Waals surface area contributed by atoms with Crippen molar-refractivity contribution in [3.63, 3.8) is 0 Å². The molecule has 1 atom stereocenters. The lowest BCUT2D eigenvalue weighted by atomic mass is 10.1. The fourth-order valence-corrected chi connectivity index (χ4v) is 5.43. The van der Waals surface area contributed by atoms with Gasteiger partial charge in [0.15, 0.2) is 0 Å². The molecule has 3 rings (SSSR count). The Hall–Kier alpha value is -1.97. The Balaban J connectivity index is 1.57. The highest BCUT2D eigenvalue weighted by Gasteiger charge is 2.33. The van der Waals surface area contributed by atoms with Gasteiger partial charge in [0, 0.05) is 18.1 Å². The molecule has 0 radical (unpaired) electrons. The van der Waals surface area contributed by atoms with E-state index in [2.05, 4.69) is 0 Å². The molecule has 0 aromatic heterocycles. The summed E-state index contributed by atoms with van der Waals surface area (Å²) in [5.41, 5.74) is 1.52. The third-order valence-electron chi connectivity index (χ3n) is 5.15. The number of halogens is 1. The minimum absolute atomic E-state index is 0.0373. The Morgan fingerprint density at radius 3 is 2.50 bits per heavy atom. The van der Waals surface area contributed by atoms with Crippen molar-refractivity contribution in [2.45, 2.75) is 31.6 Å². The Morgan fingerprint density at radius 2 is 1.87 bits per heavy atom. The first-order valence-corrected chi connectivity index (χ1v) is 11.7. The number of benzene rings is 2. The molecule has 7 nitrogen and oxygen atoms in total. The van der Waals surface area contributed by atoms with E-state index in [0.717, 1.165) is 5.56 Å². The Bertz CT molecular complexity index is 933. The molecule has 0 spiro atoms. The van der Waals surface area contributed by atoms with Gasteiger partial charge in [-0.1, -0.05) is 54.1 Å². The molecule has 1 N–H and O–H groups in total. The highest BCUT2D eigenvalue weighted by atomic mass is 35.5. The summed E-state index contributed by atoms with van der Waals surface area (Å²) in [6, 6.07) is 15.1. The van der Waals surface area contributed by atoms with Crippen LogP contribution in [0.1, 0.15) is 30.0 Å². The third-order valence-corrected chi connectivity index (χ3v) is 7.27. The zero-order valence-electron chi connectivity index (χ0n) is 16.4.